The van der Waals surface area contributed by atoms with Crippen molar-refractivity contribution in [2.75, 3.05) is 26.2 Å². The van der Waals surface area contributed by atoms with Gasteiger partial charge in [0.2, 0.25) is 0 Å². The van der Waals surface area contributed by atoms with Crippen LogP contribution in [0.2, 0.25) is 0 Å². The number of fused-ring (bicyclic) bond motifs is 1. The van der Waals surface area contributed by atoms with Crippen molar-refractivity contribution in [2.45, 2.75) is 58.0 Å². The number of nitrogens with one attached hydrogen (secondary N) is 1. The molecule has 0 spiro atoms. The summed E-state index contributed by atoms with van der Waals surface area (Å²) < 4.78 is 7.29. The summed E-state index contributed by atoms with van der Waals surface area (Å²) in [5.74, 6) is 0.916. The number of aromatic nitrogens is 5. The number of aryl methyl sites for hydroxylation is 2. The standard InChI is InChI=1S/C28H33N7O3/c1-18-10-11-19(2)24-21(18)17-22(27(36)29-24)25(26-30-31-32-35(26)20-7-4-3-5-8-20)33-12-14-34(15-13-33)28(37)23-9-6-16-38-23/h6,9-11,16-17,20,25H,3-5,7-8,12-15H2,1-2H3,(H,29,36). The van der Waals surface area contributed by atoms with E-state index in [1.165, 1.54) is 12.7 Å². The van der Waals surface area contributed by atoms with E-state index in [4.69, 9.17) is 4.42 Å². The van der Waals surface area contributed by atoms with Gasteiger partial charge >= 0.3 is 0 Å². The van der Waals surface area contributed by atoms with Gasteiger partial charge in [-0.3, -0.25) is 14.5 Å². The number of pyridine rings is 1. The molecule has 1 unspecified atom stereocenters. The number of aromatic amines is 1. The molecule has 1 amide bonds. The number of H-pyrrole nitrogens is 1. The molecule has 4 heterocycles. The highest BCUT2D eigenvalue weighted by molar-refractivity contribution is 5.91. The van der Waals surface area contributed by atoms with E-state index in [0.29, 0.717) is 43.3 Å². The lowest BCUT2D eigenvalue weighted by atomic mass is 9.94. The summed E-state index contributed by atoms with van der Waals surface area (Å²) >= 11 is 0. The van der Waals surface area contributed by atoms with Crippen LogP contribution in [0.1, 0.15) is 77.3 Å². The molecule has 1 atom stereocenters. The van der Waals surface area contributed by atoms with Gasteiger partial charge in [0, 0.05) is 37.1 Å². The summed E-state index contributed by atoms with van der Waals surface area (Å²) in [7, 11) is 0. The van der Waals surface area contributed by atoms with Gasteiger partial charge in [0.05, 0.1) is 17.8 Å². The summed E-state index contributed by atoms with van der Waals surface area (Å²) in [6.07, 6.45) is 7.10. The molecule has 0 radical (unpaired) electrons. The first kappa shape index (κ1) is 24.5. The van der Waals surface area contributed by atoms with Crippen molar-refractivity contribution in [3.63, 3.8) is 0 Å². The van der Waals surface area contributed by atoms with E-state index in [1.54, 1.807) is 17.0 Å². The normalized spacial score (nSPS) is 18.2. The second-order valence-electron chi connectivity index (χ2n) is 10.5. The third kappa shape index (κ3) is 4.42. The highest BCUT2D eigenvalue weighted by Gasteiger charge is 2.35. The lowest BCUT2D eigenvalue weighted by Gasteiger charge is -2.38. The number of hydrogen-bond acceptors (Lipinski definition) is 7. The number of furan rings is 1. The van der Waals surface area contributed by atoms with E-state index >= 15 is 0 Å². The lowest BCUT2D eigenvalue weighted by Crippen LogP contribution is -2.51. The Hall–Kier alpha value is -3.79. The van der Waals surface area contributed by atoms with Gasteiger partial charge in [-0.05, 0) is 66.4 Å². The monoisotopic (exact) mass is 515 g/mol. The van der Waals surface area contributed by atoms with Crippen molar-refractivity contribution in [3.05, 3.63) is 75.2 Å². The number of hydrogen-bond donors (Lipinski definition) is 1. The lowest BCUT2D eigenvalue weighted by molar-refractivity contribution is 0.0556. The molecule has 198 valence electrons. The maximum atomic E-state index is 13.7. The molecule has 1 aliphatic heterocycles. The Labute approximate surface area is 220 Å². The van der Waals surface area contributed by atoms with Crippen LogP contribution in [0, 0.1) is 13.8 Å². The molecule has 1 aromatic carbocycles. The fourth-order valence-corrected chi connectivity index (χ4v) is 6.00. The van der Waals surface area contributed by atoms with Crippen LogP contribution in [0.15, 0.2) is 45.8 Å². The van der Waals surface area contributed by atoms with Crippen LogP contribution in [-0.2, 0) is 0 Å². The Morgan fingerprint density at radius 2 is 1.82 bits per heavy atom. The third-order valence-corrected chi connectivity index (χ3v) is 8.15. The van der Waals surface area contributed by atoms with Crippen LogP contribution in [0.5, 0.6) is 0 Å². The van der Waals surface area contributed by atoms with Crippen LogP contribution in [0.3, 0.4) is 0 Å². The molecular weight excluding hydrogens is 482 g/mol. The molecule has 6 rings (SSSR count). The number of amides is 1. The van der Waals surface area contributed by atoms with Crippen molar-refractivity contribution in [1.29, 1.82) is 0 Å². The molecule has 1 saturated heterocycles. The number of benzene rings is 1. The topological polar surface area (TPSA) is 113 Å². The van der Waals surface area contributed by atoms with Gasteiger partial charge in [0.25, 0.3) is 11.5 Å². The van der Waals surface area contributed by atoms with E-state index in [2.05, 4.69) is 38.4 Å². The van der Waals surface area contributed by atoms with Gasteiger partial charge in [-0.25, -0.2) is 4.68 Å². The molecule has 3 aromatic heterocycles. The van der Waals surface area contributed by atoms with E-state index in [0.717, 1.165) is 47.7 Å². The first-order valence-electron chi connectivity index (χ1n) is 13.5. The van der Waals surface area contributed by atoms with E-state index in [1.807, 2.05) is 23.7 Å². The summed E-state index contributed by atoms with van der Waals surface area (Å²) in [5, 5.41) is 14.0. The third-order valence-electron chi connectivity index (χ3n) is 8.15. The minimum absolute atomic E-state index is 0.118. The molecule has 4 aromatic rings. The molecule has 1 saturated carbocycles. The highest BCUT2D eigenvalue weighted by atomic mass is 16.3. The van der Waals surface area contributed by atoms with E-state index < -0.39 is 6.04 Å². The number of carbonyl (C=O) groups excluding carboxylic acids is 1. The second-order valence-corrected chi connectivity index (χ2v) is 10.5. The van der Waals surface area contributed by atoms with Gasteiger partial charge in [-0.2, -0.15) is 0 Å². The number of carbonyl (C=O) groups is 1. The summed E-state index contributed by atoms with van der Waals surface area (Å²) in [4.78, 5) is 33.7. The van der Waals surface area contributed by atoms with Crippen LogP contribution >= 0.6 is 0 Å². The highest BCUT2D eigenvalue weighted by Crippen LogP contribution is 2.34. The summed E-state index contributed by atoms with van der Waals surface area (Å²) in [6, 6.07) is 9.34. The fraction of sp³-hybridized carbons (Fsp3) is 0.464. The Bertz CT molecular complexity index is 1490. The van der Waals surface area contributed by atoms with Crippen LogP contribution < -0.4 is 5.56 Å². The molecule has 1 N–H and O–H groups in total. The zero-order valence-corrected chi connectivity index (χ0v) is 21.9. The number of tetrazole rings is 1. The summed E-state index contributed by atoms with van der Waals surface area (Å²) in [6.45, 7) is 6.27. The molecule has 38 heavy (non-hydrogen) atoms. The second kappa shape index (κ2) is 10.2. The van der Waals surface area contributed by atoms with Crippen molar-refractivity contribution in [1.82, 2.24) is 35.0 Å². The Balaban J connectivity index is 1.40. The fourth-order valence-electron chi connectivity index (χ4n) is 6.00. The zero-order chi connectivity index (χ0) is 26.2. The van der Waals surface area contributed by atoms with E-state index in [-0.39, 0.29) is 17.5 Å². The smallest absolute Gasteiger partial charge is 0.289 e. The largest absolute Gasteiger partial charge is 0.459 e. The van der Waals surface area contributed by atoms with E-state index in [9.17, 15) is 9.59 Å². The van der Waals surface area contributed by atoms with Gasteiger partial charge in [0.15, 0.2) is 11.6 Å². The van der Waals surface area contributed by atoms with Gasteiger partial charge in [-0.15, -0.1) is 5.10 Å². The predicted octanol–water partition coefficient (Wildman–Crippen LogP) is 3.78. The maximum absolute atomic E-state index is 13.7. The van der Waals surface area contributed by atoms with Crippen molar-refractivity contribution in [3.8, 4) is 0 Å². The van der Waals surface area contributed by atoms with Crippen molar-refractivity contribution in [2.24, 2.45) is 0 Å². The first-order chi connectivity index (χ1) is 18.5. The molecular formula is C28H33N7O3. The van der Waals surface area contributed by atoms with Crippen LogP contribution in [0.4, 0.5) is 0 Å². The van der Waals surface area contributed by atoms with Gasteiger partial charge in [-0.1, -0.05) is 31.4 Å². The number of piperazine rings is 1. The Kier molecular flexibility index (Phi) is 6.57. The number of rotatable bonds is 5. The Morgan fingerprint density at radius 1 is 1.05 bits per heavy atom. The molecule has 2 fully saturated rings. The number of nitrogens with zero attached hydrogens (tertiary/aromatic N) is 6. The molecule has 10 heteroatoms. The van der Waals surface area contributed by atoms with Crippen molar-refractivity contribution < 1.29 is 9.21 Å². The predicted molar refractivity (Wildman–Crippen MR) is 142 cm³/mol. The molecule has 2 aliphatic rings. The van der Waals surface area contributed by atoms with Gasteiger partial charge in [0.1, 0.15) is 6.04 Å². The molecule has 0 bridgehead atoms. The molecule has 1 aliphatic carbocycles. The quantitative estimate of drug-likeness (QED) is 0.430. The van der Waals surface area contributed by atoms with Crippen molar-refractivity contribution >= 4 is 16.8 Å². The zero-order valence-electron chi connectivity index (χ0n) is 21.9. The average Bonchev–Trinajstić information content (AvgIpc) is 3.65. The van der Waals surface area contributed by atoms with Gasteiger partial charge < -0.3 is 14.3 Å². The summed E-state index contributed by atoms with van der Waals surface area (Å²) in [5.41, 5.74) is 3.48. The van der Waals surface area contributed by atoms with Crippen LogP contribution in [0.25, 0.3) is 10.9 Å². The average molecular weight is 516 g/mol. The maximum Gasteiger partial charge on any atom is 0.289 e. The van der Waals surface area contributed by atoms with Crippen LogP contribution in [-0.4, -0.2) is 67.1 Å². The minimum Gasteiger partial charge on any atom is -0.459 e. The minimum atomic E-state index is -0.430. The Morgan fingerprint density at radius 3 is 2.55 bits per heavy atom. The molecule has 10 nitrogen and oxygen atoms in total. The SMILES string of the molecule is Cc1ccc(C)c2[nH]c(=O)c(C(c3nnnn3C3CCCCC3)N3CCN(C(=O)c4ccco4)CC3)cc12. The first-order valence-corrected chi connectivity index (χ1v) is 13.5.